The predicted molar refractivity (Wildman–Crippen MR) is 181 cm³/mol. The minimum atomic E-state index is -1.37. The van der Waals surface area contributed by atoms with Gasteiger partial charge in [-0.2, -0.15) is 0 Å². The van der Waals surface area contributed by atoms with Gasteiger partial charge in [-0.3, -0.25) is 4.79 Å². The molecule has 7 rings (SSSR count). The van der Waals surface area contributed by atoms with Gasteiger partial charge >= 0.3 is 0 Å². The van der Waals surface area contributed by atoms with Crippen LogP contribution < -0.4 is 0 Å². The summed E-state index contributed by atoms with van der Waals surface area (Å²) in [7, 11) is 0. The minimum Gasteiger partial charge on any atom is -0.508 e. The molecule has 264 valence electrons. The van der Waals surface area contributed by atoms with E-state index in [0.29, 0.717) is 63.7 Å². The van der Waals surface area contributed by atoms with E-state index in [4.69, 9.17) is 4.74 Å². The highest BCUT2D eigenvalue weighted by Gasteiger charge is 2.75. The number of aryl methyl sites for hydroxylation is 2. The number of aromatic hydroxyl groups is 1. The van der Waals surface area contributed by atoms with Crippen LogP contribution in [0.4, 0.5) is 0 Å². The van der Waals surface area contributed by atoms with Gasteiger partial charge in [-0.05, 0) is 128 Å². The molecule has 1 aliphatic heterocycles. The maximum atomic E-state index is 13.9. The van der Waals surface area contributed by atoms with E-state index in [1.807, 2.05) is 0 Å². The van der Waals surface area contributed by atoms with Gasteiger partial charge in [0.2, 0.25) is 0 Å². The van der Waals surface area contributed by atoms with Gasteiger partial charge in [0, 0.05) is 23.9 Å². The Morgan fingerprint density at radius 1 is 1.00 bits per heavy atom. The molecular formula is C40H56O8. The lowest BCUT2D eigenvalue weighted by Gasteiger charge is -2.63. The van der Waals surface area contributed by atoms with Crippen LogP contribution in [0.15, 0.2) is 42.0 Å². The average Bonchev–Trinajstić information content (AvgIpc) is 3.79. The second kappa shape index (κ2) is 12.0. The maximum Gasteiger partial charge on any atom is 0.159 e. The first-order valence-electron chi connectivity index (χ1n) is 18.5. The molecule has 0 bridgehead atoms. The van der Waals surface area contributed by atoms with Crippen molar-refractivity contribution in [3.63, 3.8) is 0 Å². The van der Waals surface area contributed by atoms with Crippen LogP contribution in [0.1, 0.15) is 90.2 Å². The van der Waals surface area contributed by atoms with E-state index in [2.05, 4.69) is 45.9 Å². The molecule has 8 heteroatoms. The van der Waals surface area contributed by atoms with Crippen molar-refractivity contribution in [3.8, 4) is 5.75 Å². The molecule has 48 heavy (non-hydrogen) atoms. The van der Waals surface area contributed by atoms with E-state index in [1.165, 1.54) is 0 Å². The van der Waals surface area contributed by atoms with Gasteiger partial charge < -0.3 is 35.4 Å². The van der Waals surface area contributed by atoms with Crippen molar-refractivity contribution in [2.75, 3.05) is 6.61 Å². The van der Waals surface area contributed by atoms with Crippen molar-refractivity contribution in [1.29, 1.82) is 0 Å². The highest BCUT2D eigenvalue weighted by molar-refractivity contribution is 5.95. The number of fused-ring (bicyclic) bond motifs is 4. The van der Waals surface area contributed by atoms with Crippen LogP contribution in [0.3, 0.4) is 0 Å². The number of hydrogen-bond acceptors (Lipinski definition) is 8. The van der Waals surface area contributed by atoms with E-state index in [9.17, 15) is 35.4 Å². The molecule has 1 heterocycles. The third kappa shape index (κ3) is 5.03. The summed E-state index contributed by atoms with van der Waals surface area (Å²) in [6.07, 6.45) is 8.73. The molecule has 0 amide bonds. The average molecular weight is 665 g/mol. The van der Waals surface area contributed by atoms with Crippen LogP contribution in [0.2, 0.25) is 0 Å². The van der Waals surface area contributed by atoms with Gasteiger partial charge in [0.05, 0.1) is 23.9 Å². The number of aliphatic hydroxyl groups excluding tert-OH is 3. The molecule has 6 aliphatic rings. The van der Waals surface area contributed by atoms with E-state index in [0.717, 1.165) is 16.7 Å². The summed E-state index contributed by atoms with van der Waals surface area (Å²) in [5.74, 6) is -0.232. The fourth-order valence-corrected chi connectivity index (χ4v) is 11.7. The van der Waals surface area contributed by atoms with E-state index in [-0.39, 0.29) is 60.4 Å². The van der Waals surface area contributed by atoms with Crippen molar-refractivity contribution in [3.05, 3.63) is 53.1 Å². The first kappa shape index (κ1) is 34.4. The van der Waals surface area contributed by atoms with Crippen molar-refractivity contribution >= 4 is 5.78 Å². The van der Waals surface area contributed by atoms with Gasteiger partial charge in [-0.1, -0.05) is 45.9 Å². The first-order chi connectivity index (χ1) is 22.7. The Labute approximate surface area is 284 Å². The normalized spacial score (nSPS) is 45.2. The van der Waals surface area contributed by atoms with Gasteiger partial charge in [0.25, 0.3) is 0 Å². The maximum absolute atomic E-state index is 13.9. The topological polar surface area (TPSA) is 151 Å². The molecule has 13 atom stereocenters. The Morgan fingerprint density at radius 2 is 1.73 bits per heavy atom. The fraction of sp³-hybridized carbons (Fsp3) is 0.725. The van der Waals surface area contributed by atoms with Crippen molar-refractivity contribution < 1.29 is 40.2 Å². The van der Waals surface area contributed by atoms with Gasteiger partial charge in [-0.25, -0.2) is 0 Å². The number of phenolic OH excluding ortho intramolecular Hbond substituents is 1. The molecular weight excluding hydrogens is 608 g/mol. The molecule has 0 radical (unpaired) electrons. The van der Waals surface area contributed by atoms with Crippen LogP contribution in [0.25, 0.3) is 0 Å². The molecule has 1 saturated heterocycles. The largest absolute Gasteiger partial charge is 0.508 e. The van der Waals surface area contributed by atoms with Crippen molar-refractivity contribution in [2.24, 2.45) is 46.3 Å². The van der Waals surface area contributed by atoms with Gasteiger partial charge in [-0.15, -0.1) is 0 Å². The summed E-state index contributed by atoms with van der Waals surface area (Å²) >= 11 is 0. The molecule has 0 spiro atoms. The van der Waals surface area contributed by atoms with E-state index < -0.39 is 40.2 Å². The highest BCUT2D eigenvalue weighted by Crippen LogP contribution is 2.73. The zero-order valence-electron chi connectivity index (χ0n) is 29.0. The predicted octanol–water partition coefficient (Wildman–Crippen LogP) is 4.41. The Kier molecular flexibility index (Phi) is 8.61. The SMILES string of the molecule is CC(C)C(C)C1OC1C1(O)CC=CC2CC3C(=CC(=O)C4CC(O)C(O)CC43C)C3(O)CCC1C23CCc1cc(O)cc(CCCO)c1. The molecule has 13 unspecified atom stereocenters. The van der Waals surface area contributed by atoms with Gasteiger partial charge in [0.1, 0.15) is 17.5 Å². The highest BCUT2D eigenvalue weighted by atomic mass is 16.6. The number of phenols is 1. The van der Waals surface area contributed by atoms with Crippen LogP contribution >= 0.6 is 0 Å². The van der Waals surface area contributed by atoms with E-state index in [1.54, 1.807) is 18.2 Å². The number of allylic oxidation sites excluding steroid dienone is 2. The standard InChI is InChI=1S/C40H56O8/c1-22(2)23(3)35-36(48-35)39(46)11-5-8-26-18-28-29(19-31(43)30-20-32(44)33(45)21-37(28,30)4)40(47)13-10-34(39)38(26,40)12-9-25-15-24(7-6-14-41)16-27(42)17-25/h5,8,15-17,19,22-23,26,28,30,32-36,41-42,44-47H,6-7,9-14,18,20-21H2,1-4H3. The molecule has 5 aliphatic carbocycles. The summed E-state index contributed by atoms with van der Waals surface area (Å²) < 4.78 is 6.37. The lowest BCUT2D eigenvalue weighted by molar-refractivity contribution is -0.182. The molecule has 1 aromatic carbocycles. The second-order valence-corrected chi connectivity index (χ2v) is 17.1. The number of aliphatic hydroxyl groups is 5. The lowest BCUT2D eigenvalue weighted by atomic mass is 9.42. The monoisotopic (exact) mass is 664 g/mol. The van der Waals surface area contributed by atoms with Crippen molar-refractivity contribution in [1.82, 2.24) is 0 Å². The summed E-state index contributed by atoms with van der Waals surface area (Å²) in [4.78, 5) is 13.9. The summed E-state index contributed by atoms with van der Waals surface area (Å²) in [6, 6.07) is 5.59. The van der Waals surface area contributed by atoms with Gasteiger partial charge in [0.15, 0.2) is 5.78 Å². The molecule has 3 saturated carbocycles. The van der Waals surface area contributed by atoms with Crippen molar-refractivity contribution in [2.45, 2.75) is 128 Å². The fourth-order valence-electron chi connectivity index (χ4n) is 11.7. The summed E-state index contributed by atoms with van der Waals surface area (Å²) in [5.41, 5.74) is -1.35. The lowest BCUT2D eigenvalue weighted by Crippen LogP contribution is -2.66. The number of hydrogen-bond donors (Lipinski definition) is 6. The zero-order chi connectivity index (χ0) is 34.4. The Morgan fingerprint density at radius 3 is 2.44 bits per heavy atom. The quantitative estimate of drug-likeness (QED) is 0.168. The Bertz CT molecular complexity index is 1490. The molecule has 0 aromatic heterocycles. The second-order valence-electron chi connectivity index (χ2n) is 17.1. The number of ketones is 1. The summed E-state index contributed by atoms with van der Waals surface area (Å²) in [6.45, 7) is 8.68. The Balaban J connectivity index is 1.33. The number of benzene rings is 1. The molecule has 6 N–H and O–H groups in total. The van der Waals surface area contributed by atoms with Crippen LogP contribution in [-0.2, 0) is 22.4 Å². The Hall–Kier alpha value is -2.07. The smallest absolute Gasteiger partial charge is 0.159 e. The van der Waals surface area contributed by atoms with Crippen LogP contribution in [0.5, 0.6) is 5.75 Å². The number of epoxide rings is 1. The number of carbonyl (C=O) groups is 1. The van der Waals surface area contributed by atoms with Crippen LogP contribution in [-0.4, -0.2) is 78.6 Å². The third-order valence-corrected chi connectivity index (χ3v) is 14.5. The minimum absolute atomic E-state index is 0.0625. The molecule has 4 fully saturated rings. The summed E-state index contributed by atoms with van der Waals surface area (Å²) in [5, 5.41) is 67.9. The molecule has 8 nitrogen and oxygen atoms in total. The van der Waals surface area contributed by atoms with E-state index >= 15 is 0 Å². The number of rotatable bonds is 9. The molecule has 1 aromatic rings. The number of ether oxygens (including phenoxy) is 1. The third-order valence-electron chi connectivity index (χ3n) is 14.5. The first-order valence-corrected chi connectivity index (χ1v) is 18.5. The van der Waals surface area contributed by atoms with Crippen LogP contribution in [0, 0.1) is 46.3 Å². The zero-order valence-corrected chi connectivity index (χ0v) is 29.0. The number of carbonyl (C=O) groups excluding carboxylic acids is 1.